The van der Waals surface area contributed by atoms with Crippen LogP contribution in [0.5, 0.6) is 0 Å². The zero-order valence-electron chi connectivity index (χ0n) is 14.4. The van der Waals surface area contributed by atoms with Crippen LogP contribution in [0.25, 0.3) is 0 Å². The van der Waals surface area contributed by atoms with E-state index in [-0.39, 0.29) is 11.8 Å². The molecule has 1 aliphatic heterocycles. The highest BCUT2D eigenvalue weighted by Gasteiger charge is 2.25. The number of anilines is 1. The maximum absolute atomic E-state index is 12.5. The van der Waals surface area contributed by atoms with Crippen LogP contribution in [0, 0.1) is 5.92 Å². The molecule has 138 valence electrons. The molecule has 0 bridgehead atoms. The van der Waals surface area contributed by atoms with Gasteiger partial charge >= 0.3 is 0 Å². The molecule has 0 aliphatic carbocycles. The Morgan fingerprint density at radius 3 is 2.96 bits per heavy atom. The normalized spacial score (nSPS) is 15.7. The lowest BCUT2D eigenvalue weighted by atomic mass is 9.95. The Kier molecular flexibility index (Phi) is 7.07. The average molecular weight is 409 g/mol. The van der Waals surface area contributed by atoms with Crippen LogP contribution in [0.4, 0.5) is 5.13 Å². The van der Waals surface area contributed by atoms with Gasteiger partial charge in [0.2, 0.25) is 11.0 Å². The molecule has 1 saturated heterocycles. The molecule has 0 spiro atoms. The van der Waals surface area contributed by atoms with Gasteiger partial charge in [0.15, 0.2) is 4.34 Å². The Bertz CT molecular complexity index is 759. The fraction of sp³-hybridized carbons (Fsp3) is 0.389. The summed E-state index contributed by atoms with van der Waals surface area (Å²) < 4.78 is 0.844. The van der Waals surface area contributed by atoms with E-state index >= 15 is 0 Å². The quantitative estimate of drug-likeness (QED) is 0.420. The van der Waals surface area contributed by atoms with Gasteiger partial charge in [-0.05, 0) is 43.6 Å². The van der Waals surface area contributed by atoms with Crippen LogP contribution < -0.4 is 5.32 Å². The molecular formula is C18H21ClN4OS2. The number of rotatable bonds is 7. The predicted octanol–water partition coefficient (Wildman–Crippen LogP) is 4.32. The monoisotopic (exact) mass is 408 g/mol. The zero-order valence-corrected chi connectivity index (χ0v) is 16.7. The number of amides is 1. The number of carbonyl (C=O) groups is 1. The number of nitrogens with one attached hydrogen (secondary N) is 1. The van der Waals surface area contributed by atoms with Gasteiger partial charge < -0.3 is 5.32 Å². The van der Waals surface area contributed by atoms with E-state index in [4.69, 9.17) is 11.6 Å². The number of piperidine rings is 1. The lowest BCUT2D eigenvalue weighted by Crippen LogP contribution is -2.37. The van der Waals surface area contributed by atoms with Gasteiger partial charge in [0.05, 0.1) is 0 Å². The van der Waals surface area contributed by atoms with Crippen LogP contribution in [-0.4, -0.2) is 39.8 Å². The third-order valence-corrected chi connectivity index (χ3v) is 6.42. The van der Waals surface area contributed by atoms with Crippen molar-refractivity contribution < 1.29 is 4.79 Å². The molecule has 5 nitrogen and oxygen atoms in total. The SMILES string of the molecule is C=CCSc1nnc(NC(=O)C2CCN(Cc3cccc(Cl)c3)CC2)s1. The summed E-state index contributed by atoms with van der Waals surface area (Å²) in [4.78, 5) is 14.8. The molecule has 1 amide bonds. The van der Waals surface area contributed by atoms with E-state index in [2.05, 4.69) is 33.1 Å². The van der Waals surface area contributed by atoms with E-state index in [9.17, 15) is 4.79 Å². The Morgan fingerprint density at radius 2 is 2.23 bits per heavy atom. The van der Waals surface area contributed by atoms with Crippen molar-refractivity contribution in [2.45, 2.75) is 23.7 Å². The van der Waals surface area contributed by atoms with Crippen LogP contribution in [0.15, 0.2) is 41.3 Å². The van der Waals surface area contributed by atoms with Gasteiger partial charge in [-0.1, -0.05) is 52.9 Å². The molecule has 1 aromatic heterocycles. The zero-order chi connectivity index (χ0) is 18.4. The Hall–Kier alpha value is -1.41. The number of hydrogen-bond donors (Lipinski definition) is 1. The first kappa shape index (κ1) is 19.4. The standard InChI is InChI=1S/C18H21ClN4OS2/c1-2-10-25-18-22-21-17(26-18)20-16(24)14-6-8-23(9-7-14)12-13-4-3-5-15(19)11-13/h2-5,11,14H,1,6-10,12H2,(H,20,21,24). The highest BCUT2D eigenvalue weighted by Crippen LogP contribution is 2.27. The summed E-state index contributed by atoms with van der Waals surface area (Å²) in [6.07, 6.45) is 3.52. The van der Waals surface area contributed by atoms with Gasteiger partial charge in [-0.2, -0.15) is 0 Å². The molecule has 2 aromatic rings. The van der Waals surface area contributed by atoms with Crippen molar-refractivity contribution in [2.24, 2.45) is 5.92 Å². The Balaban J connectivity index is 1.46. The fourth-order valence-electron chi connectivity index (χ4n) is 2.90. The second kappa shape index (κ2) is 9.50. The highest BCUT2D eigenvalue weighted by molar-refractivity contribution is 8.01. The first-order valence-electron chi connectivity index (χ1n) is 8.49. The molecule has 1 N–H and O–H groups in total. The van der Waals surface area contributed by atoms with Gasteiger partial charge in [-0.15, -0.1) is 16.8 Å². The first-order chi connectivity index (χ1) is 12.6. The number of likely N-dealkylation sites (tertiary alicyclic amines) is 1. The lowest BCUT2D eigenvalue weighted by Gasteiger charge is -2.31. The van der Waals surface area contributed by atoms with Gasteiger partial charge in [-0.25, -0.2) is 0 Å². The molecule has 2 heterocycles. The fourth-order valence-corrected chi connectivity index (χ4v) is 4.63. The van der Waals surface area contributed by atoms with E-state index in [0.717, 1.165) is 47.6 Å². The minimum Gasteiger partial charge on any atom is -0.300 e. The van der Waals surface area contributed by atoms with Crippen molar-refractivity contribution in [3.63, 3.8) is 0 Å². The van der Waals surface area contributed by atoms with Crippen molar-refractivity contribution in [3.8, 4) is 0 Å². The Morgan fingerprint density at radius 1 is 1.42 bits per heavy atom. The topological polar surface area (TPSA) is 58.1 Å². The van der Waals surface area contributed by atoms with Crippen molar-refractivity contribution in [2.75, 3.05) is 24.2 Å². The summed E-state index contributed by atoms with van der Waals surface area (Å²) in [5, 5.41) is 12.4. The number of nitrogens with zero attached hydrogens (tertiary/aromatic N) is 3. The summed E-state index contributed by atoms with van der Waals surface area (Å²) in [5.41, 5.74) is 1.21. The predicted molar refractivity (Wildman–Crippen MR) is 109 cm³/mol. The summed E-state index contributed by atoms with van der Waals surface area (Å²) in [6, 6.07) is 7.94. The van der Waals surface area contributed by atoms with E-state index < -0.39 is 0 Å². The molecule has 26 heavy (non-hydrogen) atoms. The molecular weight excluding hydrogens is 388 g/mol. The molecule has 1 fully saturated rings. The number of benzene rings is 1. The largest absolute Gasteiger partial charge is 0.300 e. The van der Waals surface area contributed by atoms with E-state index in [1.165, 1.54) is 16.9 Å². The van der Waals surface area contributed by atoms with Crippen molar-refractivity contribution in [1.29, 1.82) is 0 Å². The molecule has 1 aliphatic rings. The molecule has 1 aromatic carbocycles. The number of carbonyl (C=O) groups excluding carboxylic acids is 1. The molecule has 0 unspecified atom stereocenters. The Labute approximate surface area is 166 Å². The first-order valence-corrected chi connectivity index (χ1v) is 10.7. The molecule has 0 atom stereocenters. The van der Waals surface area contributed by atoms with Crippen molar-refractivity contribution in [1.82, 2.24) is 15.1 Å². The average Bonchev–Trinajstić information content (AvgIpc) is 3.08. The molecule has 0 radical (unpaired) electrons. The second-order valence-electron chi connectivity index (χ2n) is 6.14. The molecule has 8 heteroatoms. The molecule has 3 rings (SSSR count). The third kappa shape index (κ3) is 5.54. The smallest absolute Gasteiger partial charge is 0.229 e. The van der Waals surface area contributed by atoms with Crippen LogP contribution >= 0.6 is 34.7 Å². The van der Waals surface area contributed by atoms with Gasteiger partial charge in [-0.3, -0.25) is 9.69 Å². The highest BCUT2D eigenvalue weighted by atomic mass is 35.5. The third-order valence-electron chi connectivity index (χ3n) is 4.21. The van der Waals surface area contributed by atoms with Gasteiger partial charge in [0.25, 0.3) is 0 Å². The summed E-state index contributed by atoms with van der Waals surface area (Å²) >= 11 is 9.02. The van der Waals surface area contributed by atoms with Crippen molar-refractivity contribution >= 4 is 45.7 Å². The number of thioether (sulfide) groups is 1. The van der Waals surface area contributed by atoms with Gasteiger partial charge in [0, 0.05) is 23.2 Å². The molecule has 0 saturated carbocycles. The van der Waals surface area contributed by atoms with Gasteiger partial charge in [0.1, 0.15) is 0 Å². The summed E-state index contributed by atoms with van der Waals surface area (Å²) in [7, 11) is 0. The van der Waals surface area contributed by atoms with Crippen molar-refractivity contribution in [3.05, 3.63) is 47.5 Å². The summed E-state index contributed by atoms with van der Waals surface area (Å²) in [5.74, 6) is 0.857. The van der Waals surface area contributed by atoms with E-state index in [1.807, 2.05) is 24.3 Å². The van der Waals surface area contributed by atoms with E-state index in [1.54, 1.807) is 11.8 Å². The number of hydrogen-bond acceptors (Lipinski definition) is 6. The van der Waals surface area contributed by atoms with Crippen LogP contribution in [0.2, 0.25) is 5.02 Å². The number of aromatic nitrogens is 2. The minimum atomic E-state index is 0.0267. The maximum atomic E-state index is 12.5. The van der Waals surface area contributed by atoms with Crippen LogP contribution in [-0.2, 0) is 11.3 Å². The lowest BCUT2D eigenvalue weighted by molar-refractivity contribution is -0.121. The van der Waals surface area contributed by atoms with E-state index in [0.29, 0.717) is 5.13 Å². The van der Waals surface area contributed by atoms with Crippen LogP contribution in [0.3, 0.4) is 0 Å². The minimum absolute atomic E-state index is 0.0267. The maximum Gasteiger partial charge on any atom is 0.229 e. The number of halogens is 1. The van der Waals surface area contributed by atoms with Crippen LogP contribution in [0.1, 0.15) is 18.4 Å². The second-order valence-corrected chi connectivity index (χ2v) is 8.82. The summed E-state index contributed by atoms with van der Waals surface area (Å²) in [6.45, 7) is 6.36.